The second kappa shape index (κ2) is 5.92. The van der Waals surface area contributed by atoms with E-state index in [9.17, 15) is 8.42 Å². The minimum atomic E-state index is -3.40. The van der Waals surface area contributed by atoms with Gasteiger partial charge >= 0.3 is 0 Å². The molecule has 0 aliphatic rings. The van der Waals surface area contributed by atoms with Crippen molar-refractivity contribution < 1.29 is 8.42 Å². The summed E-state index contributed by atoms with van der Waals surface area (Å²) in [5.41, 5.74) is 8.26. The molecule has 0 unspecified atom stereocenters. The van der Waals surface area contributed by atoms with Gasteiger partial charge in [-0.05, 0) is 24.1 Å². The quantitative estimate of drug-likeness (QED) is 0.873. The second-order valence-corrected chi connectivity index (χ2v) is 6.27. The number of hydrogen-bond donors (Lipinski definition) is 1. The predicted molar refractivity (Wildman–Crippen MR) is 82.9 cm³/mol. The zero-order valence-electron chi connectivity index (χ0n) is 11.3. The van der Waals surface area contributed by atoms with E-state index in [0.717, 1.165) is 11.1 Å². The molecule has 4 heteroatoms. The number of allylic oxidation sites excluding steroid dienone is 1. The second-order valence-electron chi connectivity index (χ2n) is 4.44. The summed E-state index contributed by atoms with van der Waals surface area (Å²) in [7, 11) is -3.40. The maximum atomic E-state index is 12.0. The summed E-state index contributed by atoms with van der Waals surface area (Å²) in [5, 5.41) is 1.23. The Kier molecular flexibility index (Phi) is 4.25. The third-order valence-corrected chi connectivity index (χ3v) is 4.41. The molecular weight excluding hydrogens is 270 g/mol. The van der Waals surface area contributed by atoms with Crippen molar-refractivity contribution in [2.24, 2.45) is 0 Å². The first-order chi connectivity index (χ1) is 9.54. The summed E-state index contributed by atoms with van der Waals surface area (Å²) >= 11 is 0. The fraction of sp³-hybridized carbons (Fsp3) is 0.125. The van der Waals surface area contributed by atoms with E-state index in [1.807, 2.05) is 37.3 Å². The third-order valence-electron chi connectivity index (χ3n) is 2.95. The summed E-state index contributed by atoms with van der Waals surface area (Å²) < 4.78 is 24.1. The summed E-state index contributed by atoms with van der Waals surface area (Å²) in [6.45, 7) is 1.89. The molecule has 2 aromatic carbocycles. The van der Waals surface area contributed by atoms with Crippen LogP contribution in [0.2, 0.25) is 0 Å². The van der Waals surface area contributed by atoms with Crippen LogP contribution in [-0.2, 0) is 9.84 Å². The van der Waals surface area contributed by atoms with Crippen LogP contribution in [0.15, 0.2) is 64.9 Å². The van der Waals surface area contributed by atoms with Gasteiger partial charge in [-0.3, -0.25) is 0 Å². The Labute approximate surface area is 119 Å². The Morgan fingerprint density at radius 2 is 1.80 bits per heavy atom. The van der Waals surface area contributed by atoms with Gasteiger partial charge in [0, 0.05) is 16.7 Å². The Bertz CT molecular complexity index is 719. The van der Waals surface area contributed by atoms with Crippen molar-refractivity contribution in [1.82, 2.24) is 0 Å². The van der Waals surface area contributed by atoms with Crippen LogP contribution in [0.25, 0.3) is 11.1 Å². The minimum absolute atomic E-state index is 0.222. The molecule has 3 nitrogen and oxygen atoms in total. The van der Waals surface area contributed by atoms with Gasteiger partial charge in [-0.15, -0.1) is 0 Å². The van der Waals surface area contributed by atoms with E-state index >= 15 is 0 Å². The number of nitrogen functional groups attached to an aromatic ring is 1. The van der Waals surface area contributed by atoms with Crippen LogP contribution < -0.4 is 5.73 Å². The highest BCUT2D eigenvalue weighted by Crippen LogP contribution is 2.28. The Hall–Kier alpha value is -2.07. The first-order valence-corrected chi connectivity index (χ1v) is 7.96. The topological polar surface area (TPSA) is 60.2 Å². The molecule has 0 radical (unpaired) electrons. The Balaban J connectivity index is 2.43. The maximum absolute atomic E-state index is 12.0. The average Bonchev–Trinajstić information content (AvgIpc) is 2.46. The molecule has 0 saturated heterocycles. The van der Waals surface area contributed by atoms with Gasteiger partial charge in [-0.1, -0.05) is 49.4 Å². The smallest absolute Gasteiger partial charge is 0.199 e. The summed E-state index contributed by atoms with van der Waals surface area (Å²) in [5.74, 6) is 0. The molecule has 0 spiro atoms. The van der Waals surface area contributed by atoms with Crippen LogP contribution in [0.4, 0.5) is 5.69 Å². The fourth-order valence-electron chi connectivity index (χ4n) is 1.90. The van der Waals surface area contributed by atoms with Gasteiger partial charge < -0.3 is 5.73 Å². The molecular formula is C16H17NO2S. The first kappa shape index (κ1) is 14.3. The van der Waals surface area contributed by atoms with Gasteiger partial charge in [0.05, 0.1) is 4.90 Å². The minimum Gasteiger partial charge on any atom is -0.398 e. The molecule has 2 aromatic rings. The molecule has 0 fully saturated rings. The standard InChI is InChI=1S/C16H17NO2S/c1-2-3-11-20(18,19)14-9-10-15(16(17)12-14)13-7-5-4-6-8-13/h3-12H,2,17H2,1H3/b11-3+. The van der Waals surface area contributed by atoms with E-state index in [2.05, 4.69) is 0 Å². The van der Waals surface area contributed by atoms with Crippen LogP contribution in [0.3, 0.4) is 0 Å². The van der Waals surface area contributed by atoms with Crippen molar-refractivity contribution in [3.63, 3.8) is 0 Å². The van der Waals surface area contributed by atoms with Crippen molar-refractivity contribution in [3.05, 3.63) is 60.0 Å². The van der Waals surface area contributed by atoms with Gasteiger partial charge in [-0.2, -0.15) is 0 Å². The number of hydrogen-bond acceptors (Lipinski definition) is 3. The molecule has 0 atom stereocenters. The van der Waals surface area contributed by atoms with Crippen LogP contribution in [0.5, 0.6) is 0 Å². The number of rotatable bonds is 4. The number of sulfone groups is 1. The van der Waals surface area contributed by atoms with Crippen LogP contribution >= 0.6 is 0 Å². The predicted octanol–water partition coefficient (Wildman–Crippen LogP) is 3.63. The molecule has 0 aromatic heterocycles. The van der Waals surface area contributed by atoms with Crippen molar-refractivity contribution in [2.75, 3.05) is 5.73 Å². The van der Waals surface area contributed by atoms with E-state index < -0.39 is 9.84 Å². The van der Waals surface area contributed by atoms with E-state index in [-0.39, 0.29) is 4.90 Å². The number of benzene rings is 2. The van der Waals surface area contributed by atoms with Crippen molar-refractivity contribution >= 4 is 15.5 Å². The highest BCUT2D eigenvalue weighted by molar-refractivity contribution is 7.94. The van der Waals surface area contributed by atoms with E-state index in [0.29, 0.717) is 12.1 Å². The molecule has 0 heterocycles. The van der Waals surface area contributed by atoms with Gasteiger partial charge in [-0.25, -0.2) is 8.42 Å². The molecule has 20 heavy (non-hydrogen) atoms. The van der Waals surface area contributed by atoms with Crippen molar-refractivity contribution in [1.29, 1.82) is 0 Å². The highest BCUT2D eigenvalue weighted by Gasteiger charge is 2.12. The maximum Gasteiger partial charge on any atom is 0.199 e. The first-order valence-electron chi connectivity index (χ1n) is 6.41. The van der Waals surface area contributed by atoms with E-state index in [1.54, 1.807) is 18.2 Å². The molecule has 2 rings (SSSR count). The summed E-state index contributed by atoms with van der Waals surface area (Å²) in [6, 6.07) is 14.5. The number of nitrogens with two attached hydrogens (primary N) is 1. The molecule has 0 aliphatic carbocycles. The number of anilines is 1. The van der Waals surface area contributed by atoms with Crippen LogP contribution in [0.1, 0.15) is 13.3 Å². The van der Waals surface area contributed by atoms with E-state index in [1.165, 1.54) is 11.5 Å². The van der Waals surface area contributed by atoms with Crippen molar-refractivity contribution in [3.8, 4) is 11.1 Å². The zero-order chi connectivity index (χ0) is 14.6. The van der Waals surface area contributed by atoms with Crippen molar-refractivity contribution in [2.45, 2.75) is 18.2 Å². The molecule has 0 saturated carbocycles. The molecule has 0 aliphatic heterocycles. The van der Waals surface area contributed by atoms with Gasteiger partial charge in [0.2, 0.25) is 0 Å². The molecule has 0 amide bonds. The Morgan fingerprint density at radius 1 is 1.10 bits per heavy atom. The highest BCUT2D eigenvalue weighted by atomic mass is 32.2. The van der Waals surface area contributed by atoms with Crippen LogP contribution in [-0.4, -0.2) is 8.42 Å². The largest absolute Gasteiger partial charge is 0.398 e. The molecule has 104 valence electrons. The van der Waals surface area contributed by atoms with Gasteiger partial charge in [0.15, 0.2) is 9.84 Å². The lowest BCUT2D eigenvalue weighted by Crippen LogP contribution is -1.99. The summed E-state index contributed by atoms with van der Waals surface area (Å²) in [4.78, 5) is 0.222. The van der Waals surface area contributed by atoms with E-state index in [4.69, 9.17) is 5.73 Å². The average molecular weight is 287 g/mol. The normalized spacial score (nSPS) is 11.8. The fourth-order valence-corrected chi connectivity index (χ4v) is 3.05. The third kappa shape index (κ3) is 3.08. The van der Waals surface area contributed by atoms with Gasteiger partial charge in [0.25, 0.3) is 0 Å². The van der Waals surface area contributed by atoms with Gasteiger partial charge in [0.1, 0.15) is 0 Å². The lowest BCUT2D eigenvalue weighted by Gasteiger charge is -2.08. The SMILES string of the molecule is CC/C=C/S(=O)(=O)c1ccc(-c2ccccc2)c(N)c1. The zero-order valence-corrected chi connectivity index (χ0v) is 12.1. The summed E-state index contributed by atoms with van der Waals surface area (Å²) in [6.07, 6.45) is 2.30. The monoisotopic (exact) mass is 287 g/mol. The lowest BCUT2D eigenvalue weighted by atomic mass is 10.0. The Morgan fingerprint density at radius 3 is 2.40 bits per heavy atom. The molecule has 2 N–H and O–H groups in total. The lowest BCUT2D eigenvalue weighted by molar-refractivity contribution is 0.604. The van der Waals surface area contributed by atoms with Crippen LogP contribution in [0, 0.1) is 0 Å². The molecule has 0 bridgehead atoms.